The van der Waals surface area contributed by atoms with Crippen molar-refractivity contribution in [2.24, 2.45) is 0 Å². The van der Waals surface area contributed by atoms with Crippen molar-refractivity contribution in [1.29, 1.82) is 0 Å². The van der Waals surface area contributed by atoms with Crippen LogP contribution < -0.4 is 0 Å². The summed E-state index contributed by atoms with van der Waals surface area (Å²) in [4.78, 5) is 0. The zero-order valence-electron chi connectivity index (χ0n) is 10.5. The number of benzene rings is 1. The molecule has 0 fully saturated rings. The fraction of sp³-hybridized carbons (Fsp3) is 0.333. The van der Waals surface area contributed by atoms with Crippen LogP contribution in [0.1, 0.15) is 12.0 Å². The predicted molar refractivity (Wildman–Crippen MR) is 75.2 cm³/mol. The van der Waals surface area contributed by atoms with Gasteiger partial charge >= 0.3 is 0 Å². The Hall–Kier alpha value is -1.07. The van der Waals surface area contributed by atoms with Crippen LogP contribution in [0.3, 0.4) is 0 Å². The topological polar surface area (TPSA) is 17.1 Å². The maximum atomic E-state index is 12.6. The number of allylic oxidation sites excluding steroid dienone is 4. The molecule has 0 bridgehead atoms. The number of hydrogen-bond donors (Lipinski definition) is 0. The molecule has 0 amide bonds. The quantitative estimate of drug-likeness (QED) is 0.579. The third-order valence-electron chi connectivity index (χ3n) is 3.42. The lowest BCUT2D eigenvalue weighted by Crippen LogP contribution is -2.27. The van der Waals surface area contributed by atoms with Crippen molar-refractivity contribution in [1.82, 2.24) is 0 Å². The second kappa shape index (κ2) is 4.66. The maximum Gasteiger partial charge on any atom is 0.0952 e. The van der Waals surface area contributed by atoms with Gasteiger partial charge in [-0.3, -0.25) is 0 Å². The maximum absolute atomic E-state index is 12.6. The second-order valence-corrected chi connectivity index (χ2v) is 8.58. The third-order valence-corrected chi connectivity index (χ3v) is 5.88. The van der Waals surface area contributed by atoms with E-state index in [2.05, 4.69) is 36.4 Å². The van der Waals surface area contributed by atoms with Crippen molar-refractivity contribution in [2.75, 3.05) is 13.3 Å². The van der Waals surface area contributed by atoms with Gasteiger partial charge in [0.2, 0.25) is 0 Å². The molecule has 0 aromatic heterocycles. The SMILES string of the molecule is CP(C)(=O)C1(Cc2ccccc2)C=CCC=C1. The Kier molecular flexibility index (Phi) is 3.40. The molecule has 0 saturated heterocycles. The predicted octanol–water partition coefficient (Wildman–Crippen LogP) is 4.11. The highest BCUT2D eigenvalue weighted by molar-refractivity contribution is 7.64. The van der Waals surface area contributed by atoms with Gasteiger partial charge in [0.15, 0.2) is 0 Å². The average molecular weight is 246 g/mol. The Morgan fingerprint density at radius 3 is 2.24 bits per heavy atom. The van der Waals surface area contributed by atoms with Gasteiger partial charge in [-0.05, 0) is 31.7 Å². The second-order valence-electron chi connectivity index (χ2n) is 5.04. The highest BCUT2D eigenvalue weighted by Crippen LogP contribution is 2.55. The molecule has 2 rings (SSSR count). The van der Waals surface area contributed by atoms with Crippen molar-refractivity contribution in [3.63, 3.8) is 0 Å². The molecule has 0 aliphatic heterocycles. The van der Waals surface area contributed by atoms with E-state index in [4.69, 9.17) is 0 Å². The lowest BCUT2D eigenvalue weighted by molar-refractivity contribution is 0.566. The fourth-order valence-electron chi connectivity index (χ4n) is 2.27. The van der Waals surface area contributed by atoms with Crippen molar-refractivity contribution < 1.29 is 4.57 Å². The van der Waals surface area contributed by atoms with Gasteiger partial charge in [0, 0.05) is 0 Å². The van der Waals surface area contributed by atoms with Crippen LogP contribution in [0.2, 0.25) is 0 Å². The summed E-state index contributed by atoms with van der Waals surface area (Å²) < 4.78 is 12.6. The number of hydrogen-bond acceptors (Lipinski definition) is 1. The van der Waals surface area contributed by atoms with Crippen LogP contribution in [-0.2, 0) is 11.0 Å². The molecule has 0 radical (unpaired) electrons. The first kappa shape index (κ1) is 12.4. The summed E-state index contributed by atoms with van der Waals surface area (Å²) in [6.45, 7) is 3.77. The Bertz CT molecular complexity index is 467. The summed E-state index contributed by atoms with van der Waals surface area (Å²) >= 11 is 0. The minimum atomic E-state index is -2.21. The van der Waals surface area contributed by atoms with Gasteiger partial charge in [-0.25, -0.2) is 0 Å². The minimum Gasteiger partial charge on any atom is -0.323 e. The van der Waals surface area contributed by atoms with Crippen LogP contribution in [0.4, 0.5) is 0 Å². The largest absolute Gasteiger partial charge is 0.323 e. The van der Waals surface area contributed by atoms with Crippen LogP contribution in [0.15, 0.2) is 54.6 Å². The molecule has 1 nitrogen and oxygen atoms in total. The molecular weight excluding hydrogens is 227 g/mol. The smallest absolute Gasteiger partial charge is 0.0952 e. The summed E-state index contributed by atoms with van der Waals surface area (Å²) in [5.41, 5.74) is 1.24. The van der Waals surface area contributed by atoms with Crippen molar-refractivity contribution in [2.45, 2.75) is 18.0 Å². The Morgan fingerprint density at radius 1 is 1.12 bits per heavy atom. The van der Waals surface area contributed by atoms with Crippen LogP contribution in [-0.4, -0.2) is 18.5 Å². The molecule has 0 unspecified atom stereocenters. The van der Waals surface area contributed by atoms with Crippen molar-refractivity contribution in [3.05, 3.63) is 60.2 Å². The van der Waals surface area contributed by atoms with E-state index in [9.17, 15) is 4.57 Å². The van der Waals surface area contributed by atoms with Gasteiger partial charge in [-0.15, -0.1) is 0 Å². The molecule has 0 atom stereocenters. The first-order valence-corrected chi connectivity index (χ1v) is 8.58. The molecule has 0 N–H and O–H groups in total. The van der Waals surface area contributed by atoms with Gasteiger partial charge in [0.05, 0.1) is 12.3 Å². The van der Waals surface area contributed by atoms with E-state index < -0.39 is 7.14 Å². The lowest BCUT2D eigenvalue weighted by Gasteiger charge is -2.33. The minimum absolute atomic E-state index is 0.285. The van der Waals surface area contributed by atoms with Crippen LogP contribution in [0.5, 0.6) is 0 Å². The van der Waals surface area contributed by atoms with Crippen LogP contribution >= 0.6 is 7.14 Å². The normalized spacial score (nSPS) is 18.2. The van der Waals surface area contributed by atoms with Crippen molar-refractivity contribution >= 4 is 7.14 Å². The molecule has 2 heteroatoms. The van der Waals surface area contributed by atoms with Gasteiger partial charge in [0.25, 0.3) is 0 Å². The van der Waals surface area contributed by atoms with E-state index in [0.717, 1.165) is 12.8 Å². The summed E-state index contributed by atoms with van der Waals surface area (Å²) in [7, 11) is -2.21. The van der Waals surface area contributed by atoms with Crippen LogP contribution in [0.25, 0.3) is 0 Å². The zero-order valence-corrected chi connectivity index (χ0v) is 11.4. The standard InChI is InChI=1S/C15H19OP/c1-17(2,16)15(11-7-4-8-12-15)13-14-9-5-3-6-10-14/h3,5-12H,4,13H2,1-2H3. The van der Waals surface area contributed by atoms with Gasteiger partial charge < -0.3 is 4.57 Å². The van der Waals surface area contributed by atoms with E-state index in [1.54, 1.807) is 0 Å². The van der Waals surface area contributed by atoms with E-state index in [1.807, 2.05) is 31.5 Å². The fourth-order valence-corrected chi connectivity index (χ4v) is 3.76. The average Bonchev–Trinajstić information content (AvgIpc) is 2.30. The van der Waals surface area contributed by atoms with Crippen molar-refractivity contribution in [3.8, 4) is 0 Å². The third kappa shape index (κ3) is 2.61. The van der Waals surface area contributed by atoms with E-state index >= 15 is 0 Å². The van der Waals surface area contributed by atoms with Crippen LogP contribution in [0, 0.1) is 0 Å². The molecule has 0 spiro atoms. The van der Waals surface area contributed by atoms with E-state index in [0.29, 0.717) is 0 Å². The Morgan fingerprint density at radius 2 is 1.71 bits per heavy atom. The Labute approximate surface area is 104 Å². The Balaban J connectivity index is 2.36. The highest BCUT2D eigenvalue weighted by atomic mass is 31.2. The molecule has 17 heavy (non-hydrogen) atoms. The van der Waals surface area contributed by atoms with Gasteiger partial charge in [-0.2, -0.15) is 0 Å². The van der Waals surface area contributed by atoms with Gasteiger partial charge in [0.1, 0.15) is 0 Å². The molecule has 1 aromatic carbocycles. The molecular formula is C15H19OP. The summed E-state index contributed by atoms with van der Waals surface area (Å²) in [5.74, 6) is 0. The first-order valence-electron chi connectivity index (χ1n) is 5.98. The van der Waals surface area contributed by atoms with E-state index in [1.165, 1.54) is 5.56 Å². The monoisotopic (exact) mass is 246 g/mol. The molecule has 0 heterocycles. The molecule has 1 aliphatic carbocycles. The molecule has 1 aliphatic rings. The van der Waals surface area contributed by atoms with E-state index in [-0.39, 0.29) is 5.16 Å². The summed E-state index contributed by atoms with van der Waals surface area (Å²) in [5, 5.41) is -0.285. The summed E-state index contributed by atoms with van der Waals surface area (Å²) in [6.07, 6.45) is 10.3. The molecule has 0 saturated carbocycles. The molecule has 1 aromatic rings. The molecule has 90 valence electrons. The highest BCUT2D eigenvalue weighted by Gasteiger charge is 2.37. The lowest BCUT2D eigenvalue weighted by atomic mass is 9.94. The first-order chi connectivity index (χ1) is 8.04. The zero-order chi connectivity index (χ0) is 12.4. The van der Waals surface area contributed by atoms with Gasteiger partial charge in [-0.1, -0.05) is 54.6 Å². The number of rotatable bonds is 3. The summed E-state index contributed by atoms with van der Waals surface area (Å²) in [6, 6.07) is 10.3.